The molecule has 2 aromatic carbocycles. The van der Waals surface area contributed by atoms with Crippen LogP contribution in [0, 0.1) is 17.7 Å². The highest BCUT2D eigenvalue weighted by Crippen LogP contribution is 2.26. The van der Waals surface area contributed by atoms with Crippen molar-refractivity contribution in [2.24, 2.45) is 11.8 Å². The van der Waals surface area contributed by atoms with Gasteiger partial charge in [0.15, 0.2) is 0 Å². The Morgan fingerprint density at radius 2 is 1.69 bits per heavy atom. The van der Waals surface area contributed by atoms with Crippen LogP contribution in [0.2, 0.25) is 0 Å². The summed E-state index contributed by atoms with van der Waals surface area (Å²) in [6.07, 6.45) is 5.33. The van der Waals surface area contributed by atoms with Crippen molar-refractivity contribution >= 4 is 5.91 Å². The van der Waals surface area contributed by atoms with E-state index in [2.05, 4.69) is 40.1 Å². The van der Waals surface area contributed by atoms with E-state index in [0.717, 1.165) is 70.4 Å². The summed E-state index contributed by atoms with van der Waals surface area (Å²) in [5, 5.41) is 0. The summed E-state index contributed by atoms with van der Waals surface area (Å²) in [6, 6.07) is 17.5. The number of carbonyl (C=O) groups is 1. The fourth-order valence-electron chi connectivity index (χ4n) is 4.86. The zero-order chi connectivity index (χ0) is 20.1. The Kier molecular flexibility index (Phi) is 6.60. The maximum Gasteiger partial charge on any atom is 0.226 e. The van der Waals surface area contributed by atoms with Gasteiger partial charge in [0.2, 0.25) is 5.91 Å². The van der Waals surface area contributed by atoms with Crippen LogP contribution in [-0.4, -0.2) is 41.9 Å². The molecule has 0 radical (unpaired) electrons. The first-order valence-corrected chi connectivity index (χ1v) is 11.0. The number of amides is 1. The summed E-state index contributed by atoms with van der Waals surface area (Å²) in [4.78, 5) is 17.5. The molecule has 1 amide bonds. The molecular formula is C25H31FN2O. The molecule has 2 aromatic rings. The molecule has 0 spiro atoms. The minimum Gasteiger partial charge on any atom is -0.342 e. The standard InChI is InChI=1S/C25H31FN2O/c26-24-10-4-8-22(17-24)18-27-13-5-9-23(19-27)25(29)28-14-11-21(12-15-28)16-20-6-2-1-3-7-20/h1-4,6-8,10,17,21,23H,5,9,11-16,18-19H2. The topological polar surface area (TPSA) is 23.6 Å². The molecule has 1 atom stereocenters. The van der Waals surface area contributed by atoms with Crippen molar-refractivity contribution in [3.05, 3.63) is 71.5 Å². The Hall–Kier alpha value is -2.20. The molecule has 2 saturated heterocycles. The van der Waals surface area contributed by atoms with Gasteiger partial charge in [-0.3, -0.25) is 9.69 Å². The van der Waals surface area contributed by atoms with Gasteiger partial charge < -0.3 is 4.90 Å². The molecule has 154 valence electrons. The lowest BCUT2D eigenvalue weighted by Gasteiger charge is -2.38. The summed E-state index contributed by atoms with van der Waals surface area (Å²) in [7, 11) is 0. The van der Waals surface area contributed by atoms with Gasteiger partial charge in [-0.1, -0.05) is 42.5 Å². The highest BCUT2D eigenvalue weighted by Gasteiger charge is 2.31. The smallest absolute Gasteiger partial charge is 0.226 e. The average molecular weight is 395 g/mol. The van der Waals surface area contributed by atoms with Crippen molar-refractivity contribution in [3.8, 4) is 0 Å². The van der Waals surface area contributed by atoms with Crippen LogP contribution < -0.4 is 0 Å². The normalized spacial score (nSPS) is 21.3. The first-order chi connectivity index (χ1) is 14.2. The van der Waals surface area contributed by atoms with Gasteiger partial charge in [0.05, 0.1) is 5.92 Å². The van der Waals surface area contributed by atoms with E-state index in [9.17, 15) is 9.18 Å². The van der Waals surface area contributed by atoms with Crippen molar-refractivity contribution < 1.29 is 9.18 Å². The average Bonchev–Trinajstić information content (AvgIpc) is 2.75. The van der Waals surface area contributed by atoms with Gasteiger partial charge in [-0.25, -0.2) is 4.39 Å². The maximum absolute atomic E-state index is 13.5. The van der Waals surface area contributed by atoms with E-state index in [0.29, 0.717) is 11.8 Å². The van der Waals surface area contributed by atoms with E-state index in [1.165, 1.54) is 11.6 Å². The monoisotopic (exact) mass is 394 g/mol. The van der Waals surface area contributed by atoms with E-state index >= 15 is 0 Å². The molecule has 0 aliphatic carbocycles. The molecule has 3 nitrogen and oxygen atoms in total. The van der Waals surface area contributed by atoms with Crippen LogP contribution in [0.4, 0.5) is 4.39 Å². The van der Waals surface area contributed by atoms with Crippen LogP contribution in [0.25, 0.3) is 0 Å². The Labute approximate surface area is 173 Å². The number of halogens is 1. The number of rotatable bonds is 5. The predicted molar refractivity (Wildman–Crippen MR) is 114 cm³/mol. The van der Waals surface area contributed by atoms with Crippen molar-refractivity contribution in [1.82, 2.24) is 9.80 Å². The van der Waals surface area contributed by atoms with E-state index in [4.69, 9.17) is 0 Å². The molecule has 4 heteroatoms. The van der Waals surface area contributed by atoms with Gasteiger partial charge in [0, 0.05) is 26.2 Å². The fraction of sp³-hybridized carbons (Fsp3) is 0.480. The van der Waals surface area contributed by atoms with Crippen LogP contribution in [0.1, 0.15) is 36.8 Å². The molecule has 2 aliphatic heterocycles. The molecule has 1 unspecified atom stereocenters. The van der Waals surface area contributed by atoms with E-state index in [-0.39, 0.29) is 11.7 Å². The number of carbonyl (C=O) groups excluding carboxylic acids is 1. The minimum atomic E-state index is -0.189. The highest BCUT2D eigenvalue weighted by molar-refractivity contribution is 5.79. The van der Waals surface area contributed by atoms with E-state index < -0.39 is 0 Å². The second-order valence-electron chi connectivity index (χ2n) is 8.66. The third kappa shape index (κ3) is 5.45. The van der Waals surface area contributed by atoms with E-state index in [1.54, 1.807) is 12.1 Å². The molecule has 29 heavy (non-hydrogen) atoms. The number of piperidine rings is 2. The van der Waals surface area contributed by atoms with Gasteiger partial charge in [-0.2, -0.15) is 0 Å². The molecule has 0 aromatic heterocycles. The molecule has 4 rings (SSSR count). The molecule has 2 aliphatic rings. The lowest BCUT2D eigenvalue weighted by molar-refractivity contribution is -0.138. The Bertz CT molecular complexity index is 801. The van der Waals surface area contributed by atoms with Gasteiger partial charge in [0.1, 0.15) is 5.82 Å². The van der Waals surface area contributed by atoms with Crippen LogP contribution >= 0.6 is 0 Å². The largest absolute Gasteiger partial charge is 0.342 e. The van der Waals surface area contributed by atoms with Crippen molar-refractivity contribution in [2.75, 3.05) is 26.2 Å². The third-order valence-electron chi connectivity index (χ3n) is 6.44. The lowest BCUT2D eigenvalue weighted by atomic mass is 9.89. The van der Waals surface area contributed by atoms with Gasteiger partial charge in [-0.15, -0.1) is 0 Å². The quantitative estimate of drug-likeness (QED) is 0.744. The third-order valence-corrected chi connectivity index (χ3v) is 6.44. The molecule has 2 fully saturated rings. The summed E-state index contributed by atoms with van der Waals surface area (Å²) in [5.41, 5.74) is 2.39. The predicted octanol–water partition coefficient (Wildman–Crippen LogP) is 4.52. The zero-order valence-corrected chi connectivity index (χ0v) is 17.1. The number of benzene rings is 2. The molecule has 2 heterocycles. The summed E-state index contributed by atoms with van der Waals surface area (Å²) < 4.78 is 13.5. The fourth-order valence-corrected chi connectivity index (χ4v) is 4.86. The van der Waals surface area contributed by atoms with Crippen molar-refractivity contribution in [3.63, 3.8) is 0 Å². The van der Waals surface area contributed by atoms with Crippen molar-refractivity contribution in [1.29, 1.82) is 0 Å². The van der Waals surface area contributed by atoms with Gasteiger partial charge in [-0.05, 0) is 67.8 Å². The Balaban J connectivity index is 1.27. The minimum absolute atomic E-state index is 0.0861. The van der Waals surface area contributed by atoms with E-state index in [1.807, 2.05) is 6.07 Å². The molecule has 0 N–H and O–H groups in total. The summed E-state index contributed by atoms with van der Waals surface area (Å²) in [6.45, 7) is 4.27. The number of hydrogen-bond acceptors (Lipinski definition) is 2. The highest BCUT2D eigenvalue weighted by atomic mass is 19.1. The van der Waals surface area contributed by atoms with Crippen LogP contribution in [0.15, 0.2) is 54.6 Å². The zero-order valence-electron chi connectivity index (χ0n) is 17.1. The van der Waals surface area contributed by atoms with Gasteiger partial charge in [0.25, 0.3) is 0 Å². The van der Waals surface area contributed by atoms with Gasteiger partial charge >= 0.3 is 0 Å². The lowest BCUT2D eigenvalue weighted by Crippen LogP contribution is -2.47. The summed E-state index contributed by atoms with van der Waals surface area (Å²) in [5.74, 6) is 0.901. The summed E-state index contributed by atoms with van der Waals surface area (Å²) >= 11 is 0. The Morgan fingerprint density at radius 3 is 2.45 bits per heavy atom. The first-order valence-electron chi connectivity index (χ1n) is 11.0. The number of nitrogens with zero attached hydrogens (tertiary/aromatic N) is 2. The number of hydrogen-bond donors (Lipinski definition) is 0. The molecule has 0 bridgehead atoms. The second-order valence-corrected chi connectivity index (χ2v) is 8.66. The number of likely N-dealkylation sites (tertiary alicyclic amines) is 2. The maximum atomic E-state index is 13.5. The second kappa shape index (κ2) is 9.53. The Morgan fingerprint density at radius 1 is 0.931 bits per heavy atom. The SMILES string of the molecule is O=C(C1CCCN(Cc2cccc(F)c2)C1)N1CCC(Cc2ccccc2)CC1. The molecule has 0 saturated carbocycles. The van der Waals surface area contributed by atoms with Crippen molar-refractivity contribution in [2.45, 2.75) is 38.6 Å². The van der Waals surface area contributed by atoms with Crippen LogP contribution in [0.3, 0.4) is 0 Å². The molecular weight excluding hydrogens is 363 g/mol. The first kappa shape index (κ1) is 20.1. The van der Waals surface area contributed by atoms with Crippen LogP contribution in [0.5, 0.6) is 0 Å². The van der Waals surface area contributed by atoms with Crippen LogP contribution in [-0.2, 0) is 17.8 Å².